The Bertz CT molecular complexity index is 513. The van der Waals surface area contributed by atoms with Gasteiger partial charge in [0.1, 0.15) is 5.82 Å². The molecular weight excluding hydrogens is 381 g/mol. The Morgan fingerprint density at radius 2 is 1.55 bits per heavy atom. The molecule has 0 aliphatic heterocycles. The van der Waals surface area contributed by atoms with Crippen LogP contribution in [0.15, 0.2) is 43.1 Å². The zero-order valence-electron chi connectivity index (χ0n) is 21.1. The van der Waals surface area contributed by atoms with Gasteiger partial charge in [-0.25, -0.2) is 4.39 Å². The van der Waals surface area contributed by atoms with Gasteiger partial charge in [-0.05, 0) is 81.8 Å². The van der Waals surface area contributed by atoms with E-state index < -0.39 is 0 Å². The molecule has 182 valence electrons. The fraction of sp³-hybridized carbons (Fsp3) is 0.655. The molecule has 1 aliphatic carbocycles. The summed E-state index contributed by atoms with van der Waals surface area (Å²) in [5.41, 5.74) is 3.42. The third-order valence-corrected chi connectivity index (χ3v) is 4.77. The monoisotopic (exact) mass is 435 g/mol. The van der Waals surface area contributed by atoms with Crippen molar-refractivity contribution in [1.82, 2.24) is 5.32 Å². The van der Waals surface area contributed by atoms with Crippen LogP contribution in [0.3, 0.4) is 0 Å². The summed E-state index contributed by atoms with van der Waals surface area (Å²) in [6.07, 6.45) is 13.3. The molecule has 2 rings (SSSR count). The summed E-state index contributed by atoms with van der Waals surface area (Å²) in [6, 6.07) is 6.11. The molecule has 0 spiro atoms. The second kappa shape index (κ2) is 23.1. The van der Waals surface area contributed by atoms with Crippen molar-refractivity contribution in [2.24, 2.45) is 0 Å². The number of hydrogen-bond acceptors (Lipinski definition) is 1. The normalized spacial score (nSPS) is 12.5. The van der Waals surface area contributed by atoms with Gasteiger partial charge in [-0.3, -0.25) is 0 Å². The highest BCUT2D eigenvalue weighted by Crippen LogP contribution is 2.33. The van der Waals surface area contributed by atoms with Crippen molar-refractivity contribution in [2.75, 3.05) is 0 Å². The summed E-state index contributed by atoms with van der Waals surface area (Å²) >= 11 is 0. The van der Waals surface area contributed by atoms with E-state index >= 15 is 0 Å². The number of nitrogens with one attached hydrogen (secondary N) is 1. The Labute approximate surface area is 195 Å². The van der Waals surface area contributed by atoms with E-state index in [9.17, 15) is 4.39 Å². The summed E-state index contributed by atoms with van der Waals surface area (Å²) < 4.78 is 13.2. The third kappa shape index (κ3) is 20.1. The minimum atomic E-state index is -0.0782. The smallest absolute Gasteiger partial charge is 0.123 e. The van der Waals surface area contributed by atoms with Crippen LogP contribution in [-0.4, -0.2) is 6.04 Å². The van der Waals surface area contributed by atoms with Crippen LogP contribution in [-0.2, 0) is 0 Å². The fourth-order valence-electron chi connectivity index (χ4n) is 3.61. The van der Waals surface area contributed by atoms with Gasteiger partial charge in [0.05, 0.1) is 0 Å². The van der Waals surface area contributed by atoms with E-state index in [1.54, 1.807) is 18.3 Å². The maximum atomic E-state index is 13.2. The standard InChI is InChI=1S/C13H17F.C9H19N.C4H8.C2H6.CH4/c1-10-7-12(9-13(14)8-10)11-5-3-2-4-6-11;1-4-7-9(8-5-2)10-6-3;1-4(2)3;1-2;/h7-9,11H,2-6H2,1H3;6,9-10H,3-5,7-8H2,1-2H3;1H2,2-3H3;1-2H3;1H4. The van der Waals surface area contributed by atoms with E-state index in [0.717, 1.165) is 5.56 Å². The van der Waals surface area contributed by atoms with E-state index in [-0.39, 0.29) is 13.2 Å². The third-order valence-electron chi connectivity index (χ3n) is 4.77. The van der Waals surface area contributed by atoms with Gasteiger partial charge in [-0.2, -0.15) is 0 Å². The van der Waals surface area contributed by atoms with Crippen LogP contribution in [0, 0.1) is 12.7 Å². The van der Waals surface area contributed by atoms with Crippen LogP contribution in [0.25, 0.3) is 0 Å². The van der Waals surface area contributed by atoms with Crippen molar-refractivity contribution in [3.05, 3.63) is 60.1 Å². The first kappa shape index (κ1) is 34.1. The molecule has 31 heavy (non-hydrogen) atoms. The number of allylic oxidation sites excluding steroid dienone is 1. The Kier molecular flexibility index (Phi) is 25.4. The zero-order chi connectivity index (χ0) is 23.4. The van der Waals surface area contributed by atoms with E-state index in [0.29, 0.717) is 12.0 Å². The number of benzene rings is 1. The molecule has 1 saturated carbocycles. The second-order valence-corrected chi connectivity index (χ2v) is 8.25. The quantitative estimate of drug-likeness (QED) is 0.420. The van der Waals surface area contributed by atoms with Gasteiger partial charge in [0.2, 0.25) is 0 Å². The van der Waals surface area contributed by atoms with Crippen LogP contribution in [0.1, 0.15) is 124 Å². The SMILES string of the molecule is C.C=C(C)C.C=CNC(CCC)CCC.CC.Cc1cc(F)cc(C2CCCCC2)c1. The molecule has 1 fully saturated rings. The Morgan fingerprint density at radius 3 is 1.94 bits per heavy atom. The van der Waals surface area contributed by atoms with Gasteiger partial charge in [0, 0.05) is 6.04 Å². The van der Waals surface area contributed by atoms with Crippen molar-refractivity contribution < 1.29 is 4.39 Å². The lowest BCUT2D eigenvalue weighted by Gasteiger charge is -2.22. The molecule has 0 unspecified atom stereocenters. The minimum absolute atomic E-state index is 0. The molecular formula is C29H54FN. The van der Waals surface area contributed by atoms with E-state index in [1.807, 2.05) is 34.6 Å². The molecule has 0 amide bonds. The molecule has 1 aromatic rings. The highest BCUT2D eigenvalue weighted by molar-refractivity contribution is 5.26. The lowest BCUT2D eigenvalue weighted by atomic mass is 9.84. The fourth-order valence-corrected chi connectivity index (χ4v) is 3.61. The second-order valence-electron chi connectivity index (χ2n) is 8.25. The summed E-state index contributed by atoms with van der Waals surface area (Å²) in [5, 5.41) is 3.25. The Balaban J connectivity index is -0.000000408. The van der Waals surface area contributed by atoms with E-state index in [1.165, 1.54) is 68.9 Å². The predicted molar refractivity (Wildman–Crippen MR) is 142 cm³/mol. The van der Waals surface area contributed by atoms with Crippen LogP contribution in [0.4, 0.5) is 4.39 Å². The van der Waals surface area contributed by atoms with Crippen molar-refractivity contribution >= 4 is 0 Å². The molecule has 0 atom stereocenters. The number of rotatable bonds is 7. The molecule has 1 N–H and O–H groups in total. The molecule has 1 aromatic carbocycles. The zero-order valence-corrected chi connectivity index (χ0v) is 21.1. The van der Waals surface area contributed by atoms with Crippen molar-refractivity contribution in [3.63, 3.8) is 0 Å². The summed E-state index contributed by atoms with van der Waals surface area (Å²) in [5.74, 6) is 0.531. The Hall–Kier alpha value is -1.57. The van der Waals surface area contributed by atoms with Crippen LogP contribution < -0.4 is 5.32 Å². The van der Waals surface area contributed by atoms with Gasteiger partial charge < -0.3 is 5.32 Å². The van der Waals surface area contributed by atoms with Crippen molar-refractivity contribution in [3.8, 4) is 0 Å². The maximum absolute atomic E-state index is 13.2. The average molecular weight is 436 g/mol. The molecule has 0 aromatic heterocycles. The highest BCUT2D eigenvalue weighted by atomic mass is 19.1. The summed E-state index contributed by atoms with van der Waals surface area (Å²) in [7, 11) is 0. The molecule has 0 saturated heterocycles. The molecule has 1 nitrogen and oxygen atoms in total. The molecule has 0 heterocycles. The highest BCUT2D eigenvalue weighted by Gasteiger charge is 2.16. The molecule has 2 heteroatoms. The maximum Gasteiger partial charge on any atom is 0.123 e. The largest absolute Gasteiger partial charge is 0.389 e. The number of hydrogen-bond donors (Lipinski definition) is 1. The van der Waals surface area contributed by atoms with Gasteiger partial charge in [-0.15, -0.1) is 6.58 Å². The van der Waals surface area contributed by atoms with Crippen molar-refractivity contribution in [1.29, 1.82) is 0 Å². The van der Waals surface area contributed by atoms with E-state index in [4.69, 9.17) is 0 Å². The lowest BCUT2D eigenvalue weighted by molar-refractivity contribution is 0.442. The number of aryl methyl sites for hydroxylation is 1. The van der Waals surface area contributed by atoms with Gasteiger partial charge >= 0.3 is 0 Å². The minimum Gasteiger partial charge on any atom is -0.389 e. The Morgan fingerprint density at radius 1 is 1.06 bits per heavy atom. The molecule has 1 aliphatic rings. The molecule has 0 bridgehead atoms. The van der Waals surface area contributed by atoms with Gasteiger partial charge in [0.25, 0.3) is 0 Å². The van der Waals surface area contributed by atoms with Gasteiger partial charge in [-0.1, -0.05) is 85.4 Å². The number of halogens is 1. The first-order valence-corrected chi connectivity index (χ1v) is 12.1. The van der Waals surface area contributed by atoms with Crippen LogP contribution in [0.2, 0.25) is 0 Å². The first-order chi connectivity index (χ1) is 14.3. The van der Waals surface area contributed by atoms with E-state index in [2.05, 4.69) is 38.4 Å². The predicted octanol–water partition coefficient (Wildman–Crippen LogP) is 10.1. The average Bonchev–Trinajstić information content (AvgIpc) is 2.70. The lowest BCUT2D eigenvalue weighted by Crippen LogP contribution is -2.23. The first-order valence-electron chi connectivity index (χ1n) is 12.1. The summed E-state index contributed by atoms with van der Waals surface area (Å²) in [6.45, 7) is 21.6. The van der Waals surface area contributed by atoms with Crippen LogP contribution in [0.5, 0.6) is 0 Å². The molecule has 0 radical (unpaired) electrons. The topological polar surface area (TPSA) is 12.0 Å². The van der Waals surface area contributed by atoms with Crippen molar-refractivity contribution in [2.45, 2.75) is 126 Å². The van der Waals surface area contributed by atoms with Gasteiger partial charge in [0.15, 0.2) is 0 Å². The summed E-state index contributed by atoms with van der Waals surface area (Å²) in [4.78, 5) is 0. The van der Waals surface area contributed by atoms with Crippen LogP contribution >= 0.6 is 0 Å².